The van der Waals surface area contributed by atoms with E-state index < -0.39 is 0 Å². The predicted octanol–water partition coefficient (Wildman–Crippen LogP) is 2.31. The van der Waals surface area contributed by atoms with Gasteiger partial charge in [0, 0.05) is 64.4 Å². The Morgan fingerprint density at radius 1 is 1.24 bits per heavy atom. The van der Waals surface area contributed by atoms with Crippen LogP contribution < -0.4 is 0 Å². The Labute approximate surface area is 173 Å². The molecule has 1 aromatic heterocycles. The fourth-order valence-corrected chi connectivity index (χ4v) is 5.08. The lowest BCUT2D eigenvalue weighted by Crippen LogP contribution is -2.47. The number of aromatic nitrogens is 2. The second-order valence-electron chi connectivity index (χ2n) is 8.81. The summed E-state index contributed by atoms with van der Waals surface area (Å²) in [4.78, 5) is 17.2. The number of aryl methyl sites for hydroxylation is 2. The van der Waals surface area contributed by atoms with Crippen LogP contribution in [0.25, 0.3) is 0 Å². The van der Waals surface area contributed by atoms with Crippen LogP contribution in [0.3, 0.4) is 0 Å². The molecule has 4 rings (SSSR count). The van der Waals surface area contributed by atoms with Crippen LogP contribution in [0.2, 0.25) is 0 Å². The number of amides is 1. The van der Waals surface area contributed by atoms with E-state index >= 15 is 0 Å². The van der Waals surface area contributed by atoms with Gasteiger partial charge < -0.3 is 10.0 Å². The molecule has 2 saturated heterocycles. The molecule has 2 aliphatic heterocycles. The number of carbonyl (C=O) groups excluding carboxylic acids is 1. The molecule has 2 fully saturated rings. The van der Waals surface area contributed by atoms with Gasteiger partial charge in [-0.05, 0) is 36.3 Å². The number of aliphatic hydroxyl groups is 1. The van der Waals surface area contributed by atoms with Gasteiger partial charge in [-0.3, -0.25) is 14.4 Å². The van der Waals surface area contributed by atoms with Crippen molar-refractivity contribution in [1.82, 2.24) is 19.6 Å². The maximum Gasteiger partial charge on any atom is 0.224 e. The summed E-state index contributed by atoms with van der Waals surface area (Å²) in [5.41, 5.74) is 2.58. The topological polar surface area (TPSA) is 61.6 Å². The van der Waals surface area contributed by atoms with Gasteiger partial charge in [0.1, 0.15) is 0 Å². The SMILES string of the molecule is Cc1cnn(CCC(=O)N2CCC3(CC2)CN(Cc2ccccc2)CC3CO)c1. The monoisotopic (exact) mass is 396 g/mol. The van der Waals surface area contributed by atoms with E-state index in [1.807, 2.05) is 35.0 Å². The number of hydrogen-bond donors (Lipinski definition) is 1. The Kier molecular flexibility index (Phi) is 6.01. The molecule has 1 amide bonds. The van der Waals surface area contributed by atoms with Gasteiger partial charge in [-0.1, -0.05) is 30.3 Å². The molecule has 1 spiro atoms. The van der Waals surface area contributed by atoms with E-state index in [0.717, 1.165) is 51.1 Å². The smallest absolute Gasteiger partial charge is 0.224 e. The van der Waals surface area contributed by atoms with Gasteiger partial charge >= 0.3 is 0 Å². The van der Waals surface area contributed by atoms with Crippen LogP contribution in [0, 0.1) is 18.3 Å². The van der Waals surface area contributed by atoms with Gasteiger partial charge in [-0.15, -0.1) is 0 Å². The van der Waals surface area contributed by atoms with E-state index in [9.17, 15) is 9.90 Å². The van der Waals surface area contributed by atoms with Crippen LogP contribution in [0.4, 0.5) is 0 Å². The van der Waals surface area contributed by atoms with Crippen LogP contribution >= 0.6 is 0 Å². The minimum absolute atomic E-state index is 0.138. The maximum absolute atomic E-state index is 12.7. The van der Waals surface area contributed by atoms with Gasteiger partial charge in [0.05, 0.1) is 6.20 Å². The molecule has 6 nitrogen and oxygen atoms in total. The fourth-order valence-electron chi connectivity index (χ4n) is 5.08. The third kappa shape index (κ3) is 4.54. The number of hydrogen-bond acceptors (Lipinski definition) is 4. The first-order valence-corrected chi connectivity index (χ1v) is 10.7. The van der Waals surface area contributed by atoms with E-state index in [4.69, 9.17) is 0 Å². The summed E-state index contributed by atoms with van der Waals surface area (Å²) in [6, 6.07) is 10.5. The first-order chi connectivity index (χ1) is 14.1. The van der Waals surface area contributed by atoms with Gasteiger partial charge in [-0.25, -0.2) is 0 Å². The number of carbonyl (C=O) groups is 1. The van der Waals surface area contributed by atoms with Crippen molar-refractivity contribution in [3.63, 3.8) is 0 Å². The Morgan fingerprint density at radius 2 is 2.00 bits per heavy atom. The third-order valence-corrected chi connectivity index (χ3v) is 6.78. The summed E-state index contributed by atoms with van der Waals surface area (Å²) in [5, 5.41) is 14.3. The molecule has 1 aromatic carbocycles. The van der Waals surface area contributed by atoms with E-state index in [1.165, 1.54) is 5.56 Å². The molecule has 3 heterocycles. The molecule has 6 heteroatoms. The Hall–Kier alpha value is -2.18. The second kappa shape index (κ2) is 8.67. The number of benzene rings is 1. The minimum Gasteiger partial charge on any atom is -0.396 e. The van der Waals surface area contributed by atoms with Gasteiger partial charge in [0.15, 0.2) is 0 Å². The molecule has 2 aromatic rings. The van der Waals surface area contributed by atoms with Crippen molar-refractivity contribution in [2.45, 2.75) is 39.3 Å². The molecule has 156 valence electrons. The summed E-state index contributed by atoms with van der Waals surface area (Å²) in [6.07, 6.45) is 6.26. The molecule has 29 heavy (non-hydrogen) atoms. The van der Waals surface area contributed by atoms with E-state index in [1.54, 1.807) is 0 Å². The van der Waals surface area contributed by atoms with Crippen LogP contribution in [-0.4, -0.2) is 63.4 Å². The van der Waals surface area contributed by atoms with Crippen molar-refractivity contribution in [1.29, 1.82) is 0 Å². The zero-order chi connectivity index (χ0) is 20.3. The van der Waals surface area contributed by atoms with E-state index in [2.05, 4.69) is 34.3 Å². The lowest BCUT2D eigenvalue weighted by Gasteiger charge is -2.42. The molecule has 1 atom stereocenters. The van der Waals surface area contributed by atoms with Gasteiger partial charge in [0.25, 0.3) is 0 Å². The molecular weight excluding hydrogens is 364 g/mol. The molecule has 0 aliphatic carbocycles. The molecule has 1 N–H and O–H groups in total. The average Bonchev–Trinajstić information content (AvgIpc) is 3.30. The summed E-state index contributed by atoms with van der Waals surface area (Å²) in [7, 11) is 0. The first kappa shape index (κ1) is 20.1. The number of aliphatic hydroxyl groups excluding tert-OH is 1. The van der Waals surface area contributed by atoms with Gasteiger partial charge in [0.2, 0.25) is 5.91 Å². The highest BCUT2D eigenvalue weighted by molar-refractivity contribution is 5.76. The normalized spacial score (nSPS) is 21.7. The van der Waals surface area contributed by atoms with Crippen LogP contribution in [-0.2, 0) is 17.9 Å². The summed E-state index contributed by atoms with van der Waals surface area (Å²) in [5.74, 6) is 0.517. The quantitative estimate of drug-likeness (QED) is 0.814. The zero-order valence-electron chi connectivity index (χ0n) is 17.3. The predicted molar refractivity (Wildman–Crippen MR) is 112 cm³/mol. The van der Waals surface area contributed by atoms with Crippen molar-refractivity contribution in [2.24, 2.45) is 11.3 Å². The lowest BCUT2D eigenvalue weighted by atomic mass is 9.71. The highest BCUT2D eigenvalue weighted by Crippen LogP contribution is 2.45. The Bertz CT molecular complexity index is 811. The number of likely N-dealkylation sites (tertiary alicyclic amines) is 2. The van der Waals surface area contributed by atoms with Gasteiger partial charge in [-0.2, -0.15) is 5.10 Å². The molecule has 0 bridgehead atoms. The zero-order valence-corrected chi connectivity index (χ0v) is 17.3. The number of nitrogens with zero attached hydrogens (tertiary/aromatic N) is 4. The summed E-state index contributed by atoms with van der Waals surface area (Å²) < 4.78 is 1.85. The maximum atomic E-state index is 12.7. The van der Waals surface area contributed by atoms with Crippen molar-refractivity contribution in [3.05, 3.63) is 53.9 Å². The second-order valence-corrected chi connectivity index (χ2v) is 8.81. The molecule has 1 unspecified atom stereocenters. The fraction of sp³-hybridized carbons (Fsp3) is 0.565. The van der Waals surface area contributed by atoms with E-state index in [0.29, 0.717) is 18.9 Å². The van der Waals surface area contributed by atoms with Crippen molar-refractivity contribution in [3.8, 4) is 0 Å². The van der Waals surface area contributed by atoms with E-state index in [-0.39, 0.29) is 17.9 Å². The van der Waals surface area contributed by atoms with Crippen molar-refractivity contribution < 1.29 is 9.90 Å². The highest BCUT2D eigenvalue weighted by atomic mass is 16.3. The Morgan fingerprint density at radius 3 is 2.66 bits per heavy atom. The van der Waals surface area contributed by atoms with Crippen molar-refractivity contribution >= 4 is 5.91 Å². The molecule has 0 saturated carbocycles. The number of piperidine rings is 1. The highest BCUT2D eigenvalue weighted by Gasteiger charge is 2.47. The lowest BCUT2D eigenvalue weighted by molar-refractivity contribution is -0.134. The minimum atomic E-state index is 0.138. The third-order valence-electron chi connectivity index (χ3n) is 6.78. The number of rotatable bonds is 6. The Balaban J connectivity index is 1.31. The van der Waals surface area contributed by atoms with Crippen molar-refractivity contribution in [2.75, 3.05) is 32.8 Å². The first-order valence-electron chi connectivity index (χ1n) is 10.7. The summed E-state index contributed by atoms with van der Waals surface area (Å²) >= 11 is 0. The van der Waals surface area contributed by atoms with Crippen LogP contribution in [0.15, 0.2) is 42.7 Å². The van der Waals surface area contributed by atoms with Crippen LogP contribution in [0.5, 0.6) is 0 Å². The summed E-state index contributed by atoms with van der Waals surface area (Å²) in [6.45, 7) is 7.37. The van der Waals surface area contributed by atoms with Crippen LogP contribution in [0.1, 0.15) is 30.4 Å². The molecule has 0 radical (unpaired) electrons. The average molecular weight is 397 g/mol. The molecule has 2 aliphatic rings. The standard InChI is InChI=1S/C23H32N4O2/c1-19-13-24-27(14-19)10-7-22(29)26-11-8-23(9-12-26)18-25(16-21(23)17-28)15-20-5-3-2-4-6-20/h2-6,13-14,21,28H,7-12,15-18H2,1H3. The molecular formula is C23H32N4O2. The largest absolute Gasteiger partial charge is 0.396 e.